The van der Waals surface area contributed by atoms with Gasteiger partial charge < -0.3 is 4.98 Å². The molecule has 0 amide bonds. The molecular weight excluding hydrogens is 290 g/mol. The van der Waals surface area contributed by atoms with Crippen LogP contribution in [0.15, 0.2) is 33.5 Å². The molecule has 0 spiro atoms. The number of rotatable bonds is 2. The van der Waals surface area contributed by atoms with E-state index in [1.54, 1.807) is 0 Å². The van der Waals surface area contributed by atoms with Crippen LogP contribution < -0.4 is 0 Å². The second-order valence-electron chi connectivity index (χ2n) is 4.49. The van der Waals surface area contributed by atoms with E-state index in [1.165, 1.54) is 23.1 Å². The fourth-order valence-electron chi connectivity index (χ4n) is 2.33. The Morgan fingerprint density at radius 3 is 2.90 bits per heavy atom. The largest absolute Gasteiger partial charge is 0.354 e. The SMILES string of the molecule is Cc1nnc(SC2=Cc3[nH]c4ccccc4c3C2=O)s1. The zero-order valence-corrected chi connectivity index (χ0v) is 12.1. The maximum Gasteiger partial charge on any atom is 0.202 e. The van der Waals surface area contributed by atoms with E-state index in [-0.39, 0.29) is 5.78 Å². The lowest BCUT2D eigenvalue weighted by atomic mass is 10.1. The molecule has 0 unspecified atom stereocenters. The summed E-state index contributed by atoms with van der Waals surface area (Å²) in [6.45, 7) is 1.91. The molecule has 1 N–H and O–H groups in total. The molecule has 0 aliphatic heterocycles. The van der Waals surface area contributed by atoms with E-state index in [0.29, 0.717) is 4.91 Å². The van der Waals surface area contributed by atoms with Crippen LogP contribution >= 0.6 is 23.1 Å². The molecule has 6 heteroatoms. The highest BCUT2D eigenvalue weighted by molar-refractivity contribution is 8.05. The number of nitrogens with one attached hydrogen (secondary N) is 1. The van der Waals surface area contributed by atoms with Crippen molar-refractivity contribution in [2.24, 2.45) is 0 Å². The minimum absolute atomic E-state index is 0.0651. The van der Waals surface area contributed by atoms with E-state index < -0.39 is 0 Å². The number of para-hydroxylation sites is 1. The van der Waals surface area contributed by atoms with Gasteiger partial charge in [0.25, 0.3) is 0 Å². The molecule has 1 aliphatic rings. The van der Waals surface area contributed by atoms with Gasteiger partial charge in [0, 0.05) is 10.9 Å². The fourth-order valence-corrected chi connectivity index (χ4v) is 4.18. The molecule has 2 heterocycles. The summed E-state index contributed by atoms with van der Waals surface area (Å²) in [7, 11) is 0. The third kappa shape index (κ3) is 1.72. The molecule has 3 aromatic rings. The summed E-state index contributed by atoms with van der Waals surface area (Å²) in [5.41, 5.74) is 2.65. The van der Waals surface area contributed by atoms with Gasteiger partial charge in [0.1, 0.15) is 5.01 Å². The highest BCUT2D eigenvalue weighted by Gasteiger charge is 2.28. The Balaban J connectivity index is 1.75. The summed E-state index contributed by atoms with van der Waals surface area (Å²) in [6, 6.07) is 7.86. The molecule has 0 saturated heterocycles. The molecule has 2 aromatic heterocycles. The van der Waals surface area contributed by atoms with Crippen molar-refractivity contribution in [3.8, 4) is 0 Å². The van der Waals surface area contributed by atoms with Crippen molar-refractivity contribution in [1.29, 1.82) is 0 Å². The third-order valence-electron chi connectivity index (χ3n) is 3.17. The second-order valence-corrected chi connectivity index (χ2v) is 6.96. The normalized spacial score (nSPS) is 13.8. The number of H-pyrrole nitrogens is 1. The molecule has 1 aliphatic carbocycles. The first-order chi connectivity index (χ1) is 9.72. The molecule has 0 radical (unpaired) electrons. The van der Waals surface area contributed by atoms with Crippen LogP contribution in [0.4, 0.5) is 0 Å². The molecule has 20 heavy (non-hydrogen) atoms. The van der Waals surface area contributed by atoms with Gasteiger partial charge in [0.15, 0.2) is 4.34 Å². The highest BCUT2D eigenvalue weighted by Crippen LogP contribution is 2.39. The lowest BCUT2D eigenvalue weighted by molar-refractivity contribution is 0.104. The van der Waals surface area contributed by atoms with Gasteiger partial charge in [-0.2, -0.15) is 0 Å². The molecule has 98 valence electrons. The van der Waals surface area contributed by atoms with Crippen molar-refractivity contribution in [2.45, 2.75) is 11.3 Å². The molecule has 0 saturated carbocycles. The number of ketones is 1. The lowest BCUT2D eigenvalue weighted by Crippen LogP contribution is -1.95. The second kappa shape index (κ2) is 4.29. The molecule has 4 rings (SSSR count). The number of nitrogens with zero attached hydrogens (tertiary/aromatic N) is 2. The van der Waals surface area contributed by atoms with E-state index in [4.69, 9.17) is 0 Å². The van der Waals surface area contributed by atoms with Gasteiger partial charge in [-0.25, -0.2) is 0 Å². The Labute approximate surface area is 122 Å². The first kappa shape index (κ1) is 11.9. The number of fused-ring (bicyclic) bond motifs is 3. The quantitative estimate of drug-likeness (QED) is 0.784. The maximum atomic E-state index is 12.5. The van der Waals surface area contributed by atoms with Gasteiger partial charge in [-0.3, -0.25) is 4.79 Å². The first-order valence-electron chi connectivity index (χ1n) is 6.07. The van der Waals surface area contributed by atoms with Crippen molar-refractivity contribution in [3.63, 3.8) is 0 Å². The molecule has 0 fully saturated rings. The Morgan fingerprint density at radius 1 is 1.25 bits per heavy atom. The predicted octanol–water partition coefficient (Wildman–Crippen LogP) is 3.66. The number of hydrogen-bond acceptors (Lipinski definition) is 5. The highest BCUT2D eigenvalue weighted by atomic mass is 32.2. The summed E-state index contributed by atoms with van der Waals surface area (Å²) in [6.07, 6.45) is 1.90. The van der Waals surface area contributed by atoms with E-state index in [9.17, 15) is 4.79 Å². The van der Waals surface area contributed by atoms with Gasteiger partial charge >= 0.3 is 0 Å². The van der Waals surface area contributed by atoms with Crippen LogP contribution in [0, 0.1) is 6.92 Å². The van der Waals surface area contributed by atoms with Crippen molar-refractivity contribution >= 4 is 45.9 Å². The fraction of sp³-hybridized carbons (Fsp3) is 0.0714. The average molecular weight is 299 g/mol. The third-order valence-corrected chi connectivity index (χ3v) is 5.08. The van der Waals surface area contributed by atoms with E-state index >= 15 is 0 Å². The minimum atomic E-state index is 0.0651. The van der Waals surface area contributed by atoms with E-state index in [2.05, 4.69) is 15.2 Å². The Hall–Kier alpha value is -1.92. The van der Waals surface area contributed by atoms with Crippen LogP contribution in [-0.4, -0.2) is 21.0 Å². The van der Waals surface area contributed by atoms with Crippen LogP contribution in [0.3, 0.4) is 0 Å². The summed E-state index contributed by atoms with van der Waals surface area (Å²) in [5.74, 6) is 0.0651. The van der Waals surface area contributed by atoms with Crippen LogP contribution in [0.5, 0.6) is 0 Å². The van der Waals surface area contributed by atoms with Gasteiger partial charge in [-0.05, 0) is 19.1 Å². The number of aromatic amines is 1. The van der Waals surface area contributed by atoms with Crippen LogP contribution in [0.1, 0.15) is 21.1 Å². The average Bonchev–Trinajstić information content (AvgIpc) is 3.07. The number of benzene rings is 1. The molecular formula is C14H9N3OS2. The van der Waals surface area contributed by atoms with Gasteiger partial charge in [0.2, 0.25) is 5.78 Å². The summed E-state index contributed by atoms with van der Waals surface area (Å²) >= 11 is 2.89. The standard InChI is InChI=1S/C14H9N3OS2/c1-7-16-17-14(19-7)20-11-6-10-12(13(11)18)8-4-2-3-5-9(8)15-10/h2-6,15H,1H3. The molecule has 4 nitrogen and oxygen atoms in total. The van der Waals surface area contributed by atoms with E-state index in [1.807, 2.05) is 37.3 Å². The predicted molar refractivity (Wildman–Crippen MR) is 81.1 cm³/mol. The summed E-state index contributed by atoms with van der Waals surface area (Å²) < 4.78 is 0.802. The van der Waals surface area contributed by atoms with Crippen molar-refractivity contribution in [2.75, 3.05) is 0 Å². The zero-order chi connectivity index (χ0) is 13.7. The number of carbonyl (C=O) groups is 1. The van der Waals surface area contributed by atoms with Crippen LogP contribution in [-0.2, 0) is 0 Å². The number of aromatic nitrogens is 3. The summed E-state index contributed by atoms with van der Waals surface area (Å²) in [5, 5.41) is 9.91. The van der Waals surface area contributed by atoms with Crippen LogP contribution in [0.25, 0.3) is 17.0 Å². The number of hydrogen-bond donors (Lipinski definition) is 1. The van der Waals surface area contributed by atoms with Gasteiger partial charge in [-0.1, -0.05) is 41.3 Å². The Morgan fingerprint density at radius 2 is 2.10 bits per heavy atom. The topological polar surface area (TPSA) is 58.6 Å². The molecule has 0 atom stereocenters. The maximum absolute atomic E-state index is 12.5. The number of Topliss-reactive ketones (excluding diaryl/α,β-unsaturated/α-hetero) is 1. The Bertz CT molecular complexity index is 876. The number of carbonyl (C=O) groups excluding carboxylic acids is 1. The number of allylic oxidation sites excluding steroid dienone is 1. The van der Waals surface area contributed by atoms with Crippen molar-refractivity contribution < 1.29 is 4.79 Å². The molecule has 0 bridgehead atoms. The van der Waals surface area contributed by atoms with Gasteiger partial charge in [0.05, 0.1) is 16.2 Å². The first-order valence-corrected chi connectivity index (χ1v) is 7.71. The van der Waals surface area contributed by atoms with Gasteiger partial charge in [-0.15, -0.1) is 10.2 Å². The van der Waals surface area contributed by atoms with Crippen LogP contribution in [0.2, 0.25) is 0 Å². The number of thioether (sulfide) groups is 1. The minimum Gasteiger partial charge on any atom is -0.354 e. The van der Waals surface area contributed by atoms with E-state index in [0.717, 1.165) is 31.5 Å². The Kier molecular flexibility index (Phi) is 2.55. The zero-order valence-electron chi connectivity index (χ0n) is 10.5. The summed E-state index contributed by atoms with van der Waals surface area (Å²) in [4.78, 5) is 16.5. The lowest BCUT2D eigenvalue weighted by Gasteiger charge is -1.97. The number of aryl methyl sites for hydroxylation is 1. The van der Waals surface area contributed by atoms with Crippen molar-refractivity contribution in [1.82, 2.24) is 15.2 Å². The smallest absolute Gasteiger partial charge is 0.202 e. The monoisotopic (exact) mass is 299 g/mol. The molecule has 1 aromatic carbocycles. The van der Waals surface area contributed by atoms with Crippen molar-refractivity contribution in [3.05, 3.63) is 45.4 Å².